The molecule has 2 aromatic rings. The number of hydrogen-bond donors (Lipinski definition) is 0. The number of nitrogens with zero attached hydrogens (tertiary/aromatic N) is 3. The highest BCUT2D eigenvalue weighted by Crippen LogP contribution is 2.24. The van der Waals surface area contributed by atoms with E-state index in [4.69, 9.17) is 0 Å². The Labute approximate surface area is 83.8 Å². The smallest absolute Gasteiger partial charge is 0.177 e. The Kier molecular flexibility index (Phi) is 1.84. The average molecular weight is 188 g/mol. The van der Waals surface area contributed by atoms with Crippen molar-refractivity contribution < 1.29 is 0 Å². The van der Waals surface area contributed by atoms with E-state index in [1.807, 2.05) is 16.7 Å². The molecule has 0 bridgehead atoms. The molecule has 0 saturated heterocycles. The van der Waals surface area contributed by atoms with Gasteiger partial charge in [-0.1, -0.05) is 20.8 Å². The fraction of sp³-hybridized carbons (Fsp3) is 0.364. The van der Waals surface area contributed by atoms with E-state index in [9.17, 15) is 0 Å². The Morgan fingerprint density at radius 2 is 2.07 bits per heavy atom. The van der Waals surface area contributed by atoms with Gasteiger partial charge in [-0.15, -0.1) is 0 Å². The molecule has 1 radical (unpaired) electrons. The van der Waals surface area contributed by atoms with Gasteiger partial charge in [-0.3, -0.25) is 0 Å². The highest BCUT2D eigenvalue weighted by molar-refractivity contribution is 5.71. The van der Waals surface area contributed by atoms with Gasteiger partial charge in [0.25, 0.3) is 0 Å². The van der Waals surface area contributed by atoms with Crippen molar-refractivity contribution in [2.24, 2.45) is 0 Å². The third-order valence-electron chi connectivity index (χ3n) is 2.20. The molecule has 2 heterocycles. The fourth-order valence-corrected chi connectivity index (χ4v) is 1.53. The predicted molar refractivity (Wildman–Crippen MR) is 57.0 cm³/mol. The molecule has 14 heavy (non-hydrogen) atoms. The number of pyridine rings is 1. The molecule has 0 aliphatic carbocycles. The van der Waals surface area contributed by atoms with Gasteiger partial charge in [-0.25, -0.2) is 9.97 Å². The summed E-state index contributed by atoms with van der Waals surface area (Å²) < 4.78 is 1.86. The molecule has 0 aliphatic rings. The molecule has 0 aromatic carbocycles. The summed E-state index contributed by atoms with van der Waals surface area (Å²) in [6, 6.07) is 3.88. The molecule has 0 unspecified atom stereocenters. The van der Waals surface area contributed by atoms with Crippen LogP contribution in [0.3, 0.4) is 0 Å². The Morgan fingerprint density at radius 1 is 1.36 bits per heavy atom. The van der Waals surface area contributed by atoms with Crippen LogP contribution in [0.2, 0.25) is 0 Å². The lowest BCUT2D eigenvalue weighted by atomic mass is 9.96. The molecule has 0 saturated carbocycles. The Hall–Kier alpha value is -1.38. The zero-order valence-electron chi connectivity index (χ0n) is 8.78. The zero-order chi connectivity index (χ0) is 10.3. The summed E-state index contributed by atoms with van der Waals surface area (Å²) in [4.78, 5) is 8.68. The summed E-state index contributed by atoms with van der Waals surface area (Å²) in [6.07, 6.45) is 1.75. The lowest BCUT2D eigenvalue weighted by molar-refractivity contribution is 0.538. The maximum absolute atomic E-state index is 4.47. The minimum absolute atomic E-state index is 0.00243. The molecular formula is C11H14N3. The SMILES string of the molecule is [CH2]n1c(C(C)(C)C)nc2ncccc21. The summed E-state index contributed by atoms with van der Waals surface area (Å²) >= 11 is 0. The van der Waals surface area contributed by atoms with Gasteiger partial charge in [-0.05, 0) is 12.1 Å². The van der Waals surface area contributed by atoms with Gasteiger partial charge in [0.05, 0.1) is 5.52 Å². The highest BCUT2D eigenvalue weighted by atomic mass is 15.1. The van der Waals surface area contributed by atoms with Crippen molar-refractivity contribution >= 4 is 11.2 Å². The molecular weight excluding hydrogens is 174 g/mol. The molecule has 2 aromatic heterocycles. The summed E-state index contributed by atoms with van der Waals surface area (Å²) in [5.74, 6) is 0.964. The van der Waals surface area contributed by atoms with Gasteiger partial charge < -0.3 is 4.57 Å². The van der Waals surface area contributed by atoms with Gasteiger partial charge in [0.1, 0.15) is 5.82 Å². The van der Waals surface area contributed by atoms with Crippen LogP contribution in [-0.2, 0) is 5.41 Å². The topological polar surface area (TPSA) is 30.7 Å². The van der Waals surface area contributed by atoms with Crippen LogP contribution in [0.5, 0.6) is 0 Å². The highest BCUT2D eigenvalue weighted by Gasteiger charge is 2.21. The quantitative estimate of drug-likeness (QED) is 0.635. The Balaban J connectivity index is 2.75. The third-order valence-corrected chi connectivity index (χ3v) is 2.20. The van der Waals surface area contributed by atoms with Crippen LogP contribution >= 0.6 is 0 Å². The first-order valence-corrected chi connectivity index (χ1v) is 4.65. The molecule has 73 valence electrons. The standard InChI is InChI=1S/C11H14N3/c1-11(2,3)10-13-9-8(14(10)4)6-5-7-12-9/h5-7H,4H2,1-3H3. The second-order valence-corrected chi connectivity index (χ2v) is 4.46. The van der Waals surface area contributed by atoms with Crippen molar-refractivity contribution in [3.63, 3.8) is 0 Å². The fourth-order valence-electron chi connectivity index (χ4n) is 1.53. The maximum atomic E-state index is 4.47. The van der Waals surface area contributed by atoms with E-state index in [1.165, 1.54) is 0 Å². The van der Waals surface area contributed by atoms with Crippen LogP contribution in [0.25, 0.3) is 11.2 Å². The van der Waals surface area contributed by atoms with E-state index >= 15 is 0 Å². The predicted octanol–water partition coefficient (Wildman–Crippen LogP) is 2.37. The number of fused-ring (bicyclic) bond motifs is 1. The number of imidazole rings is 1. The second-order valence-electron chi connectivity index (χ2n) is 4.46. The minimum atomic E-state index is 0.00243. The van der Waals surface area contributed by atoms with Crippen molar-refractivity contribution in [2.45, 2.75) is 26.2 Å². The lowest BCUT2D eigenvalue weighted by Gasteiger charge is -2.17. The van der Waals surface area contributed by atoms with Crippen molar-refractivity contribution in [3.05, 3.63) is 31.2 Å². The van der Waals surface area contributed by atoms with E-state index in [0.29, 0.717) is 0 Å². The summed E-state index contributed by atoms with van der Waals surface area (Å²) in [5, 5.41) is 0. The number of rotatable bonds is 0. The number of aromatic nitrogens is 3. The van der Waals surface area contributed by atoms with E-state index in [1.54, 1.807) is 6.20 Å². The monoisotopic (exact) mass is 188 g/mol. The first-order chi connectivity index (χ1) is 6.50. The van der Waals surface area contributed by atoms with Crippen LogP contribution in [0, 0.1) is 7.05 Å². The summed E-state index contributed by atoms with van der Waals surface area (Å²) in [7, 11) is 3.99. The molecule has 0 N–H and O–H groups in total. The molecule has 0 fully saturated rings. The Morgan fingerprint density at radius 3 is 2.64 bits per heavy atom. The van der Waals surface area contributed by atoms with Crippen LogP contribution in [0.4, 0.5) is 0 Å². The lowest BCUT2D eigenvalue weighted by Crippen LogP contribution is -2.16. The van der Waals surface area contributed by atoms with Gasteiger partial charge in [0.2, 0.25) is 0 Å². The molecule has 3 nitrogen and oxygen atoms in total. The molecule has 0 atom stereocenters. The van der Waals surface area contributed by atoms with Crippen molar-refractivity contribution in [2.75, 3.05) is 0 Å². The molecule has 0 spiro atoms. The van der Waals surface area contributed by atoms with Crippen molar-refractivity contribution in [3.8, 4) is 0 Å². The molecule has 3 heteroatoms. The van der Waals surface area contributed by atoms with Gasteiger partial charge in [-0.2, -0.15) is 0 Å². The molecule has 2 rings (SSSR count). The summed E-state index contributed by atoms with van der Waals surface area (Å²) in [5.41, 5.74) is 1.76. The summed E-state index contributed by atoms with van der Waals surface area (Å²) in [6.45, 7) is 6.36. The van der Waals surface area contributed by atoms with E-state index in [-0.39, 0.29) is 5.41 Å². The largest absolute Gasteiger partial charge is 0.324 e. The molecule has 0 amide bonds. The molecule has 0 aliphatic heterocycles. The Bertz CT molecular complexity index is 463. The van der Waals surface area contributed by atoms with E-state index < -0.39 is 0 Å². The van der Waals surface area contributed by atoms with Gasteiger partial charge >= 0.3 is 0 Å². The van der Waals surface area contributed by atoms with Crippen LogP contribution in [-0.4, -0.2) is 14.5 Å². The van der Waals surface area contributed by atoms with E-state index in [2.05, 4.69) is 37.8 Å². The first-order valence-electron chi connectivity index (χ1n) is 4.65. The van der Waals surface area contributed by atoms with Crippen LogP contribution < -0.4 is 0 Å². The van der Waals surface area contributed by atoms with Gasteiger partial charge in [0.15, 0.2) is 5.65 Å². The minimum Gasteiger partial charge on any atom is -0.324 e. The van der Waals surface area contributed by atoms with Crippen LogP contribution in [0.1, 0.15) is 26.6 Å². The van der Waals surface area contributed by atoms with Crippen molar-refractivity contribution in [1.82, 2.24) is 14.5 Å². The first kappa shape index (κ1) is 9.19. The van der Waals surface area contributed by atoms with Crippen LogP contribution in [0.15, 0.2) is 18.3 Å². The van der Waals surface area contributed by atoms with E-state index in [0.717, 1.165) is 17.0 Å². The van der Waals surface area contributed by atoms with Crippen molar-refractivity contribution in [1.29, 1.82) is 0 Å². The number of hydrogen-bond acceptors (Lipinski definition) is 2. The normalized spacial score (nSPS) is 12.3. The third kappa shape index (κ3) is 1.29. The maximum Gasteiger partial charge on any atom is 0.177 e. The van der Waals surface area contributed by atoms with Gasteiger partial charge in [0, 0.05) is 18.7 Å². The average Bonchev–Trinajstić information content (AvgIpc) is 2.44. The zero-order valence-corrected chi connectivity index (χ0v) is 8.78. The second kappa shape index (κ2) is 2.80.